The van der Waals surface area contributed by atoms with Gasteiger partial charge in [-0.3, -0.25) is 0 Å². The Hall–Kier alpha value is -0.770. The van der Waals surface area contributed by atoms with E-state index in [9.17, 15) is 0 Å². The van der Waals surface area contributed by atoms with Crippen LogP contribution in [0.15, 0.2) is 5.11 Å². The molecule has 0 aromatic rings. The van der Waals surface area contributed by atoms with Crippen molar-refractivity contribution < 1.29 is 9.47 Å². The van der Waals surface area contributed by atoms with Crippen molar-refractivity contribution in [2.75, 3.05) is 33.0 Å². The van der Waals surface area contributed by atoms with Crippen LogP contribution < -0.4 is 0 Å². The standard InChI is InChI=1S/C11H23N3O2/c1-11(2)5-3-7-15-9-10-16-8-4-6-13-14-12/h11H,3-10H2,1-2H3. The average Bonchev–Trinajstić information content (AvgIpc) is 2.25. The van der Waals surface area contributed by atoms with Crippen molar-refractivity contribution in [3.8, 4) is 0 Å². The fourth-order valence-electron chi connectivity index (χ4n) is 1.20. The van der Waals surface area contributed by atoms with Crippen molar-refractivity contribution in [1.82, 2.24) is 0 Å². The normalized spacial score (nSPS) is 10.4. The first-order chi connectivity index (χ1) is 7.77. The van der Waals surface area contributed by atoms with Crippen molar-refractivity contribution >= 4 is 0 Å². The molecule has 0 unspecified atom stereocenters. The zero-order valence-corrected chi connectivity index (χ0v) is 10.4. The number of hydrogen-bond acceptors (Lipinski definition) is 3. The van der Waals surface area contributed by atoms with E-state index < -0.39 is 0 Å². The van der Waals surface area contributed by atoms with Crippen molar-refractivity contribution in [2.45, 2.75) is 33.1 Å². The smallest absolute Gasteiger partial charge is 0.0700 e. The Morgan fingerprint density at radius 1 is 1.06 bits per heavy atom. The van der Waals surface area contributed by atoms with Crippen molar-refractivity contribution in [3.63, 3.8) is 0 Å². The van der Waals surface area contributed by atoms with Gasteiger partial charge in [0.05, 0.1) is 13.2 Å². The lowest BCUT2D eigenvalue weighted by atomic mass is 10.1. The van der Waals surface area contributed by atoms with Crippen molar-refractivity contribution in [1.29, 1.82) is 0 Å². The molecule has 5 nitrogen and oxygen atoms in total. The Morgan fingerprint density at radius 2 is 1.69 bits per heavy atom. The first-order valence-corrected chi connectivity index (χ1v) is 5.93. The van der Waals surface area contributed by atoms with E-state index >= 15 is 0 Å². The number of azide groups is 1. The summed E-state index contributed by atoms with van der Waals surface area (Å²) in [5.41, 5.74) is 8.03. The van der Waals surface area contributed by atoms with Crippen LogP contribution in [0.2, 0.25) is 0 Å². The third kappa shape index (κ3) is 13.2. The molecule has 16 heavy (non-hydrogen) atoms. The van der Waals surface area contributed by atoms with E-state index in [0.717, 1.165) is 25.4 Å². The zero-order valence-electron chi connectivity index (χ0n) is 10.4. The summed E-state index contributed by atoms with van der Waals surface area (Å²) in [6.07, 6.45) is 3.11. The maximum atomic E-state index is 8.03. The number of hydrogen-bond donors (Lipinski definition) is 0. The summed E-state index contributed by atoms with van der Waals surface area (Å²) in [6, 6.07) is 0. The van der Waals surface area contributed by atoms with Crippen molar-refractivity contribution in [3.05, 3.63) is 10.4 Å². The van der Waals surface area contributed by atoms with E-state index in [2.05, 4.69) is 23.9 Å². The maximum Gasteiger partial charge on any atom is 0.0700 e. The number of rotatable bonds is 11. The summed E-state index contributed by atoms with van der Waals surface area (Å²) in [4.78, 5) is 2.66. The minimum Gasteiger partial charge on any atom is -0.379 e. The quantitative estimate of drug-likeness (QED) is 0.236. The van der Waals surface area contributed by atoms with Crippen LogP contribution in [0.1, 0.15) is 33.1 Å². The molecule has 0 aromatic carbocycles. The highest BCUT2D eigenvalue weighted by molar-refractivity contribution is 4.46. The molecule has 5 heteroatoms. The molecule has 0 saturated heterocycles. The van der Waals surface area contributed by atoms with Crippen LogP contribution in [0.25, 0.3) is 10.4 Å². The average molecular weight is 229 g/mol. The lowest BCUT2D eigenvalue weighted by Crippen LogP contribution is -2.07. The Morgan fingerprint density at radius 3 is 2.25 bits per heavy atom. The predicted octanol–water partition coefficient (Wildman–Crippen LogP) is 3.16. The van der Waals surface area contributed by atoms with Gasteiger partial charge in [-0.2, -0.15) is 0 Å². The highest BCUT2D eigenvalue weighted by Gasteiger charge is 1.94. The topological polar surface area (TPSA) is 67.2 Å². The second-order valence-electron chi connectivity index (χ2n) is 4.07. The molecular formula is C11H23N3O2. The van der Waals surface area contributed by atoms with Gasteiger partial charge in [0.25, 0.3) is 0 Å². The lowest BCUT2D eigenvalue weighted by Gasteiger charge is -2.06. The molecule has 0 radical (unpaired) electrons. The molecule has 0 bridgehead atoms. The SMILES string of the molecule is CC(C)CCCOCCOCCCN=[N+]=[N-]. The van der Waals surface area contributed by atoms with Crippen LogP contribution in [0, 0.1) is 5.92 Å². The molecule has 94 valence electrons. The highest BCUT2D eigenvalue weighted by Crippen LogP contribution is 2.02. The van der Waals surface area contributed by atoms with Gasteiger partial charge in [-0.1, -0.05) is 19.0 Å². The Labute approximate surface area is 97.7 Å². The Bertz CT molecular complexity index is 192. The second-order valence-corrected chi connectivity index (χ2v) is 4.07. The molecule has 0 spiro atoms. The molecule has 0 aliphatic rings. The minimum atomic E-state index is 0.506. The van der Waals surface area contributed by atoms with Crippen LogP contribution >= 0.6 is 0 Å². The van der Waals surface area contributed by atoms with Gasteiger partial charge in [0.15, 0.2) is 0 Å². The Balaban J connectivity index is 2.96. The molecule has 0 aliphatic carbocycles. The fraction of sp³-hybridized carbons (Fsp3) is 1.00. The first-order valence-electron chi connectivity index (χ1n) is 5.93. The summed E-state index contributed by atoms with van der Waals surface area (Å²) >= 11 is 0. The predicted molar refractivity (Wildman–Crippen MR) is 64.3 cm³/mol. The van der Waals surface area contributed by atoms with E-state index in [-0.39, 0.29) is 0 Å². The fourth-order valence-corrected chi connectivity index (χ4v) is 1.20. The van der Waals surface area contributed by atoms with E-state index in [1.165, 1.54) is 6.42 Å². The van der Waals surface area contributed by atoms with Gasteiger partial charge < -0.3 is 9.47 Å². The Kier molecular flexibility index (Phi) is 11.7. The molecule has 0 amide bonds. The molecule has 0 fully saturated rings. The third-order valence-electron chi connectivity index (χ3n) is 2.05. The zero-order chi connectivity index (χ0) is 12.1. The minimum absolute atomic E-state index is 0.506. The monoisotopic (exact) mass is 229 g/mol. The van der Waals surface area contributed by atoms with Gasteiger partial charge >= 0.3 is 0 Å². The van der Waals surface area contributed by atoms with Crippen LogP contribution in [0.4, 0.5) is 0 Å². The molecule has 0 N–H and O–H groups in total. The highest BCUT2D eigenvalue weighted by atomic mass is 16.5. The number of nitrogens with zero attached hydrogens (tertiary/aromatic N) is 3. The van der Waals surface area contributed by atoms with E-state index in [4.69, 9.17) is 15.0 Å². The molecule has 0 saturated carbocycles. The number of ether oxygens (including phenoxy) is 2. The van der Waals surface area contributed by atoms with Gasteiger partial charge in [-0.05, 0) is 30.7 Å². The lowest BCUT2D eigenvalue weighted by molar-refractivity contribution is 0.0454. The van der Waals surface area contributed by atoms with Gasteiger partial charge in [-0.15, -0.1) is 0 Å². The first kappa shape index (κ1) is 15.2. The summed E-state index contributed by atoms with van der Waals surface area (Å²) in [5, 5.41) is 3.42. The van der Waals surface area contributed by atoms with Gasteiger partial charge in [-0.25, -0.2) is 0 Å². The second kappa shape index (κ2) is 12.3. The molecule has 0 aromatic heterocycles. The molecule has 0 heterocycles. The summed E-state index contributed by atoms with van der Waals surface area (Å²) in [6.45, 7) is 7.66. The summed E-state index contributed by atoms with van der Waals surface area (Å²) < 4.78 is 10.7. The largest absolute Gasteiger partial charge is 0.379 e. The maximum absolute atomic E-state index is 8.03. The van der Waals surface area contributed by atoms with E-state index in [0.29, 0.717) is 26.4 Å². The summed E-state index contributed by atoms with van der Waals surface area (Å²) in [5.74, 6) is 0.750. The summed E-state index contributed by atoms with van der Waals surface area (Å²) in [7, 11) is 0. The van der Waals surface area contributed by atoms with Crippen molar-refractivity contribution in [2.24, 2.45) is 11.0 Å². The van der Waals surface area contributed by atoms with Gasteiger partial charge in [0, 0.05) is 24.7 Å². The van der Waals surface area contributed by atoms with Gasteiger partial charge in [0.1, 0.15) is 0 Å². The molecule has 0 rings (SSSR count). The van der Waals surface area contributed by atoms with E-state index in [1.54, 1.807) is 0 Å². The van der Waals surface area contributed by atoms with E-state index in [1.807, 2.05) is 0 Å². The molecular weight excluding hydrogens is 206 g/mol. The van der Waals surface area contributed by atoms with Crippen LogP contribution in [0.5, 0.6) is 0 Å². The van der Waals surface area contributed by atoms with Crippen LogP contribution in [0.3, 0.4) is 0 Å². The molecule has 0 atom stereocenters. The van der Waals surface area contributed by atoms with Crippen LogP contribution in [-0.2, 0) is 9.47 Å². The third-order valence-corrected chi connectivity index (χ3v) is 2.05. The van der Waals surface area contributed by atoms with Gasteiger partial charge in [0.2, 0.25) is 0 Å². The van der Waals surface area contributed by atoms with Crippen LogP contribution in [-0.4, -0.2) is 33.0 Å². The molecule has 0 aliphatic heterocycles.